The van der Waals surface area contributed by atoms with Crippen LogP contribution in [0.5, 0.6) is 0 Å². The van der Waals surface area contributed by atoms with Gasteiger partial charge in [0.15, 0.2) is 6.10 Å². The van der Waals surface area contributed by atoms with Crippen LogP contribution in [0.25, 0.3) is 0 Å². The van der Waals surface area contributed by atoms with E-state index in [-0.39, 0.29) is 17.8 Å². The fourth-order valence-corrected chi connectivity index (χ4v) is 4.76. The van der Waals surface area contributed by atoms with Crippen molar-refractivity contribution in [3.8, 4) is 0 Å². The molecule has 1 fully saturated rings. The molecule has 3 heteroatoms. The van der Waals surface area contributed by atoms with Gasteiger partial charge in [-0.3, -0.25) is 0 Å². The molecule has 0 spiro atoms. The average Bonchev–Trinajstić information content (AvgIpc) is 2.74. The summed E-state index contributed by atoms with van der Waals surface area (Å²) in [4.78, 5) is 12.4. The number of rotatable bonds is 1. The molecule has 122 valence electrons. The van der Waals surface area contributed by atoms with Gasteiger partial charge in [-0.1, -0.05) is 25.5 Å². The molecule has 0 bridgehead atoms. The van der Waals surface area contributed by atoms with E-state index in [1.807, 2.05) is 6.92 Å². The van der Waals surface area contributed by atoms with E-state index >= 15 is 0 Å². The minimum atomic E-state index is -1.02. The van der Waals surface area contributed by atoms with Crippen molar-refractivity contribution in [2.24, 2.45) is 23.7 Å². The van der Waals surface area contributed by atoms with Gasteiger partial charge in [0.05, 0.1) is 0 Å². The molecule has 1 N–H and O–H groups in total. The zero-order chi connectivity index (χ0) is 16.2. The zero-order valence-corrected chi connectivity index (χ0v) is 14.3. The molecule has 6 atom stereocenters. The predicted octanol–water partition coefficient (Wildman–Crippen LogP) is 3.63. The van der Waals surface area contributed by atoms with Gasteiger partial charge in [-0.2, -0.15) is 0 Å². The number of carbonyl (C=O) groups is 1. The maximum Gasteiger partial charge on any atom is 0.335 e. The van der Waals surface area contributed by atoms with Crippen LogP contribution in [0.3, 0.4) is 0 Å². The Balaban J connectivity index is 2.13. The average molecular weight is 304 g/mol. The molecule has 0 radical (unpaired) electrons. The molecule has 0 aromatic heterocycles. The Morgan fingerprint density at radius 1 is 1.32 bits per heavy atom. The molecule has 2 aliphatic carbocycles. The number of hydrogen-bond acceptors (Lipinski definition) is 3. The largest absolute Gasteiger partial charge is 0.451 e. The topological polar surface area (TPSA) is 46.5 Å². The van der Waals surface area contributed by atoms with Gasteiger partial charge < -0.3 is 9.84 Å². The molecular weight excluding hydrogens is 276 g/mol. The second-order valence-electron chi connectivity index (χ2n) is 8.03. The summed E-state index contributed by atoms with van der Waals surface area (Å²) in [6, 6.07) is 0. The summed E-state index contributed by atoms with van der Waals surface area (Å²) in [7, 11) is 0. The Morgan fingerprint density at radius 3 is 2.64 bits per heavy atom. The van der Waals surface area contributed by atoms with Gasteiger partial charge in [-0.05, 0) is 63.4 Å². The van der Waals surface area contributed by atoms with Gasteiger partial charge in [-0.25, -0.2) is 4.79 Å². The summed E-state index contributed by atoms with van der Waals surface area (Å²) in [5, 5.41) is 11.3. The SMILES string of the molecule is CC(C)=C[C@@H]1C[C@H](C)[C@H]2CC[C@H](C)C3=C2C(OC3=O)[C@@]1(C)O. The van der Waals surface area contributed by atoms with Gasteiger partial charge in [0.2, 0.25) is 0 Å². The van der Waals surface area contributed by atoms with E-state index in [0.717, 1.165) is 30.4 Å². The van der Waals surface area contributed by atoms with Crippen molar-refractivity contribution in [3.05, 3.63) is 22.8 Å². The third-order valence-electron chi connectivity index (χ3n) is 5.97. The molecular formula is C19H28O3. The molecule has 0 amide bonds. The van der Waals surface area contributed by atoms with Crippen molar-refractivity contribution in [3.63, 3.8) is 0 Å². The number of allylic oxidation sites excluding steroid dienone is 1. The summed E-state index contributed by atoms with van der Waals surface area (Å²) in [5.41, 5.74) is 2.16. The number of ether oxygens (including phenoxy) is 1. The molecule has 1 saturated carbocycles. The zero-order valence-electron chi connectivity index (χ0n) is 14.3. The predicted molar refractivity (Wildman–Crippen MR) is 86.1 cm³/mol. The van der Waals surface area contributed by atoms with Crippen LogP contribution in [-0.2, 0) is 9.53 Å². The van der Waals surface area contributed by atoms with Gasteiger partial charge in [-0.15, -0.1) is 0 Å². The number of aliphatic hydroxyl groups is 1. The van der Waals surface area contributed by atoms with E-state index in [1.54, 1.807) is 0 Å². The van der Waals surface area contributed by atoms with Crippen LogP contribution in [0, 0.1) is 23.7 Å². The van der Waals surface area contributed by atoms with E-state index < -0.39 is 11.7 Å². The lowest BCUT2D eigenvalue weighted by atomic mass is 9.71. The third kappa shape index (κ3) is 2.25. The molecule has 1 heterocycles. The molecule has 0 aromatic carbocycles. The summed E-state index contributed by atoms with van der Waals surface area (Å²) in [6.45, 7) is 10.3. The summed E-state index contributed by atoms with van der Waals surface area (Å²) in [6.07, 6.45) is 4.79. The molecule has 0 saturated heterocycles. The van der Waals surface area contributed by atoms with Crippen LogP contribution in [-0.4, -0.2) is 22.8 Å². The van der Waals surface area contributed by atoms with E-state index in [0.29, 0.717) is 11.8 Å². The lowest BCUT2D eigenvalue weighted by Gasteiger charge is -2.35. The highest BCUT2D eigenvalue weighted by Crippen LogP contribution is 2.52. The monoisotopic (exact) mass is 304 g/mol. The smallest absolute Gasteiger partial charge is 0.335 e. The van der Waals surface area contributed by atoms with Crippen molar-refractivity contribution in [1.29, 1.82) is 0 Å². The van der Waals surface area contributed by atoms with Crippen LogP contribution < -0.4 is 0 Å². The molecule has 3 nitrogen and oxygen atoms in total. The highest BCUT2D eigenvalue weighted by molar-refractivity contribution is 5.93. The van der Waals surface area contributed by atoms with Crippen molar-refractivity contribution in [2.45, 2.75) is 65.6 Å². The molecule has 3 rings (SSSR count). The molecule has 1 unspecified atom stereocenters. The first-order valence-corrected chi connectivity index (χ1v) is 8.55. The van der Waals surface area contributed by atoms with Crippen LogP contribution in [0.4, 0.5) is 0 Å². The maximum absolute atomic E-state index is 12.4. The lowest BCUT2D eigenvalue weighted by Crippen LogP contribution is -2.46. The highest BCUT2D eigenvalue weighted by atomic mass is 16.6. The van der Waals surface area contributed by atoms with Gasteiger partial charge >= 0.3 is 5.97 Å². The van der Waals surface area contributed by atoms with Crippen LogP contribution in [0.1, 0.15) is 53.9 Å². The van der Waals surface area contributed by atoms with Gasteiger partial charge in [0, 0.05) is 11.5 Å². The minimum Gasteiger partial charge on any atom is -0.451 e. The van der Waals surface area contributed by atoms with Crippen molar-refractivity contribution in [2.75, 3.05) is 0 Å². The normalized spacial score (nSPS) is 44.3. The lowest BCUT2D eigenvalue weighted by molar-refractivity contribution is -0.153. The summed E-state index contributed by atoms with van der Waals surface area (Å²) >= 11 is 0. The van der Waals surface area contributed by atoms with E-state index in [1.165, 1.54) is 5.57 Å². The van der Waals surface area contributed by atoms with E-state index in [9.17, 15) is 9.90 Å². The molecule has 0 aromatic rings. The van der Waals surface area contributed by atoms with Crippen molar-refractivity contribution in [1.82, 2.24) is 0 Å². The number of hydrogen-bond donors (Lipinski definition) is 1. The van der Waals surface area contributed by atoms with Crippen LogP contribution >= 0.6 is 0 Å². The Bertz CT molecular complexity index is 551. The molecule has 3 aliphatic rings. The Labute approximate surface area is 133 Å². The second-order valence-corrected chi connectivity index (χ2v) is 8.03. The Morgan fingerprint density at radius 2 is 2.00 bits per heavy atom. The van der Waals surface area contributed by atoms with Gasteiger partial charge in [0.1, 0.15) is 5.60 Å². The summed E-state index contributed by atoms with van der Waals surface area (Å²) in [5.74, 6) is 0.932. The standard InChI is InChI=1S/C19H28O3/c1-10(2)8-13-9-12(4)14-7-6-11(3)15-16(14)17(19(13,5)21)22-18(15)20/h8,11-14,17,21H,6-7,9H2,1-5H3/t11-,12-,13+,14+,17?,19-/m0/s1. The first-order valence-electron chi connectivity index (χ1n) is 8.55. The fourth-order valence-electron chi connectivity index (χ4n) is 4.76. The van der Waals surface area contributed by atoms with Crippen molar-refractivity contribution >= 4 is 5.97 Å². The Hall–Kier alpha value is -1.09. The number of esters is 1. The van der Waals surface area contributed by atoms with E-state index in [4.69, 9.17) is 4.74 Å². The third-order valence-corrected chi connectivity index (χ3v) is 5.97. The van der Waals surface area contributed by atoms with Crippen LogP contribution in [0.2, 0.25) is 0 Å². The van der Waals surface area contributed by atoms with E-state index in [2.05, 4.69) is 33.8 Å². The minimum absolute atomic E-state index is 0.0260. The Kier molecular flexibility index (Phi) is 3.75. The van der Waals surface area contributed by atoms with Crippen molar-refractivity contribution < 1.29 is 14.6 Å². The first kappa shape index (κ1) is 15.8. The van der Waals surface area contributed by atoms with Crippen LogP contribution in [0.15, 0.2) is 22.8 Å². The summed E-state index contributed by atoms with van der Waals surface area (Å²) < 4.78 is 5.71. The fraction of sp³-hybridized carbons (Fsp3) is 0.737. The number of carbonyl (C=O) groups excluding carboxylic acids is 1. The molecule has 1 aliphatic heterocycles. The second kappa shape index (κ2) is 5.23. The quantitative estimate of drug-likeness (QED) is 0.594. The maximum atomic E-state index is 12.4. The molecule has 22 heavy (non-hydrogen) atoms. The van der Waals surface area contributed by atoms with Gasteiger partial charge in [0.25, 0.3) is 0 Å². The first-order chi connectivity index (χ1) is 10.2. The highest BCUT2D eigenvalue weighted by Gasteiger charge is 2.55.